The number of halogens is 1. The summed E-state index contributed by atoms with van der Waals surface area (Å²) in [5.41, 5.74) is 2.10. The normalized spacial score (nSPS) is 22.1. The van der Waals surface area contributed by atoms with Crippen LogP contribution in [0.2, 0.25) is 0 Å². The van der Waals surface area contributed by atoms with Crippen LogP contribution in [0.15, 0.2) is 30.5 Å². The van der Waals surface area contributed by atoms with Gasteiger partial charge in [-0.15, -0.1) is 0 Å². The number of methoxy groups -OCH3 is 1. The molecule has 0 spiro atoms. The Morgan fingerprint density at radius 3 is 2.63 bits per heavy atom. The highest BCUT2D eigenvalue weighted by molar-refractivity contribution is 5.58. The molecule has 1 aliphatic carbocycles. The van der Waals surface area contributed by atoms with E-state index in [0.29, 0.717) is 17.9 Å². The lowest BCUT2D eigenvalue weighted by atomic mass is 9.90. The Bertz CT molecular complexity index is 814. The van der Waals surface area contributed by atoms with Crippen molar-refractivity contribution in [1.29, 1.82) is 0 Å². The van der Waals surface area contributed by atoms with Crippen LogP contribution >= 0.6 is 0 Å². The molecule has 0 atom stereocenters. The summed E-state index contributed by atoms with van der Waals surface area (Å²) in [6.07, 6.45) is 7.65. The van der Waals surface area contributed by atoms with Gasteiger partial charge in [0.25, 0.3) is 0 Å². The van der Waals surface area contributed by atoms with Crippen molar-refractivity contribution >= 4 is 17.5 Å². The number of ether oxygens (including phenoxy) is 1. The largest absolute Gasteiger partial charge is 1.00 e. The smallest absolute Gasteiger partial charge is 1.00 e. The lowest BCUT2D eigenvalue weighted by Crippen LogP contribution is -3.00. The third-order valence-corrected chi connectivity index (χ3v) is 5.96. The zero-order valence-corrected chi connectivity index (χ0v) is 18.2. The number of benzene rings is 1. The van der Waals surface area contributed by atoms with Crippen LogP contribution in [0.5, 0.6) is 5.75 Å². The number of nitrogens with zero attached hydrogens (tertiary/aromatic N) is 2. The average Bonchev–Trinajstić information content (AvgIpc) is 2.76. The number of hydrogen-bond acceptors (Lipinski definition) is 7. The molecule has 1 saturated carbocycles. The van der Waals surface area contributed by atoms with Gasteiger partial charge in [0.05, 0.1) is 13.2 Å². The van der Waals surface area contributed by atoms with Crippen LogP contribution in [0.25, 0.3) is 0 Å². The highest BCUT2D eigenvalue weighted by Gasteiger charge is 2.24. The number of piperidine rings is 1. The predicted octanol–water partition coefficient (Wildman–Crippen LogP) is 0.528. The second kappa shape index (κ2) is 10.8. The van der Waals surface area contributed by atoms with Gasteiger partial charge in [0, 0.05) is 29.6 Å². The Labute approximate surface area is 185 Å². The van der Waals surface area contributed by atoms with E-state index in [0.717, 1.165) is 68.9 Å². The van der Waals surface area contributed by atoms with Gasteiger partial charge in [-0.05, 0) is 69.7 Å². The molecule has 1 aromatic heterocycles. The highest BCUT2D eigenvalue weighted by Crippen LogP contribution is 2.32. The lowest BCUT2D eigenvalue weighted by molar-refractivity contribution is -0.00000879. The van der Waals surface area contributed by atoms with Gasteiger partial charge in [0.15, 0.2) is 0 Å². The zero-order valence-electron chi connectivity index (χ0n) is 18.4. The van der Waals surface area contributed by atoms with E-state index in [2.05, 4.69) is 20.9 Å². The van der Waals surface area contributed by atoms with Crippen LogP contribution < -0.4 is 33.1 Å². The minimum Gasteiger partial charge on any atom is -1.00 e. The van der Waals surface area contributed by atoms with Crippen molar-refractivity contribution in [2.24, 2.45) is 0 Å². The molecule has 4 N–H and O–H groups in total. The van der Waals surface area contributed by atoms with E-state index >= 15 is 0 Å². The summed E-state index contributed by atoms with van der Waals surface area (Å²) < 4.78 is 5.30. The first-order chi connectivity index (χ1) is 14.2. The second-order valence-electron chi connectivity index (χ2n) is 8.03. The molecule has 0 amide bonds. The van der Waals surface area contributed by atoms with Crippen molar-refractivity contribution in [1.82, 2.24) is 15.3 Å². The Balaban J connectivity index is 0.00000171. The minimum absolute atomic E-state index is 0. The summed E-state index contributed by atoms with van der Waals surface area (Å²) in [4.78, 5) is 9.46. The number of aromatic nitrogens is 2. The van der Waals surface area contributed by atoms with Crippen LogP contribution in [0.4, 0.5) is 17.5 Å². The summed E-state index contributed by atoms with van der Waals surface area (Å²) in [6, 6.07) is 8.11. The van der Waals surface area contributed by atoms with Crippen LogP contribution in [0.1, 0.15) is 51.4 Å². The van der Waals surface area contributed by atoms with E-state index in [1.807, 2.05) is 30.5 Å². The molecule has 7 nitrogen and oxygen atoms in total. The van der Waals surface area contributed by atoms with Crippen molar-refractivity contribution in [2.75, 3.05) is 30.8 Å². The molecular formula is C22H32ClN5O2. The number of rotatable bonds is 6. The fraction of sp³-hybridized carbons (Fsp3) is 0.545. The highest BCUT2D eigenvalue weighted by atomic mass is 35.5. The van der Waals surface area contributed by atoms with E-state index in [4.69, 9.17) is 9.72 Å². The molecule has 0 bridgehead atoms. The third kappa shape index (κ3) is 5.74. The summed E-state index contributed by atoms with van der Waals surface area (Å²) >= 11 is 0. The van der Waals surface area contributed by atoms with E-state index in [1.165, 1.54) is 5.56 Å². The number of anilines is 3. The van der Waals surface area contributed by atoms with Crippen LogP contribution in [-0.4, -0.2) is 47.4 Å². The van der Waals surface area contributed by atoms with Crippen molar-refractivity contribution in [3.63, 3.8) is 0 Å². The Kier molecular flexibility index (Phi) is 8.13. The van der Waals surface area contributed by atoms with Gasteiger partial charge in [-0.25, -0.2) is 4.98 Å². The summed E-state index contributed by atoms with van der Waals surface area (Å²) in [6.45, 7) is 2.06. The second-order valence-corrected chi connectivity index (χ2v) is 8.03. The standard InChI is InChI=1S/C22H31N5O2.ClH/c1-29-19-4-2-3-17(13-19)26-22-24-14-20(15-9-11-23-12-10-15)21(27-22)25-16-5-7-18(28)8-6-16;/h2-4,13-16,18,23,28H,5-12H2,1H3,(H2,24,25,26,27);1H. The zero-order chi connectivity index (χ0) is 20.1. The molecule has 164 valence electrons. The predicted molar refractivity (Wildman–Crippen MR) is 116 cm³/mol. The number of nitrogens with one attached hydrogen (secondary N) is 3. The maximum absolute atomic E-state index is 9.82. The minimum atomic E-state index is -0.160. The SMILES string of the molecule is COc1cccc(Nc2ncc(C3CCNCC3)c(NC3CCC(O)CC3)n2)c1.[Cl-].[H+]. The first-order valence-corrected chi connectivity index (χ1v) is 10.6. The molecule has 0 radical (unpaired) electrons. The van der Waals surface area contributed by atoms with E-state index < -0.39 is 0 Å². The van der Waals surface area contributed by atoms with Crippen LogP contribution in [0, 0.1) is 0 Å². The van der Waals surface area contributed by atoms with Crippen molar-refractivity contribution < 1.29 is 23.7 Å². The average molecular weight is 434 g/mol. The molecule has 1 aliphatic heterocycles. The molecule has 2 fully saturated rings. The molecule has 8 heteroatoms. The maximum Gasteiger partial charge on any atom is 1.00 e. The summed E-state index contributed by atoms with van der Waals surface area (Å²) in [5, 5.41) is 20.2. The summed E-state index contributed by atoms with van der Waals surface area (Å²) in [5.74, 6) is 2.77. The molecule has 2 heterocycles. The number of hydrogen-bond donors (Lipinski definition) is 4. The molecule has 2 aromatic rings. The topological polar surface area (TPSA) is 91.3 Å². The van der Waals surface area contributed by atoms with E-state index in [1.54, 1.807) is 7.11 Å². The Morgan fingerprint density at radius 1 is 1.13 bits per heavy atom. The lowest BCUT2D eigenvalue weighted by Gasteiger charge is -2.29. The Morgan fingerprint density at radius 2 is 1.90 bits per heavy atom. The monoisotopic (exact) mass is 433 g/mol. The maximum atomic E-state index is 9.82. The third-order valence-electron chi connectivity index (χ3n) is 5.96. The fourth-order valence-corrected chi connectivity index (χ4v) is 4.24. The summed E-state index contributed by atoms with van der Waals surface area (Å²) in [7, 11) is 1.66. The van der Waals surface area contributed by atoms with Crippen molar-refractivity contribution in [2.45, 2.75) is 56.6 Å². The Hall–Kier alpha value is -2.09. The van der Waals surface area contributed by atoms with Gasteiger partial charge in [0.2, 0.25) is 5.95 Å². The van der Waals surface area contributed by atoms with Gasteiger partial charge >= 0.3 is 1.43 Å². The van der Waals surface area contributed by atoms with Crippen LogP contribution in [0.3, 0.4) is 0 Å². The number of aliphatic hydroxyl groups is 1. The molecule has 2 aliphatic rings. The molecule has 30 heavy (non-hydrogen) atoms. The molecular weight excluding hydrogens is 402 g/mol. The quantitative estimate of drug-likeness (QED) is 0.528. The number of aliphatic hydroxyl groups excluding tert-OH is 1. The van der Waals surface area contributed by atoms with Gasteiger partial charge in [-0.2, -0.15) is 4.98 Å². The molecule has 1 aromatic carbocycles. The first kappa shape index (κ1) is 22.6. The molecule has 4 rings (SSSR count). The van der Waals surface area contributed by atoms with Gasteiger partial charge in [0.1, 0.15) is 11.6 Å². The molecule has 1 saturated heterocycles. The van der Waals surface area contributed by atoms with E-state index in [9.17, 15) is 5.11 Å². The van der Waals surface area contributed by atoms with Crippen molar-refractivity contribution in [3.8, 4) is 5.75 Å². The molecule has 0 unspecified atom stereocenters. The van der Waals surface area contributed by atoms with Gasteiger partial charge < -0.3 is 38.2 Å². The van der Waals surface area contributed by atoms with Gasteiger partial charge in [-0.3, -0.25) is 0 Å². The fourth-order valence-electron chi connectivity index (χ4n) is 4.24. The van der Waals surface area contributed by atoms with Crippen molar-refractivity contribution in [3.05, 3.63) is 36.0 Å². The van der Waals surface area contributed by atoms with E-state index in [-0.39, 0.29) is 19.9 Å². The van der Waals surface area contributed by atoms with Gasteiger partial charge in [-0.1, -0.05) is 6.07 Å². The van der Waals surface area contributed by atoms with Crippen LogP contribution in [-0.2, 0) is 0 Å². The first-order valence-electron chi connectivity index (χ1n) is 10.6.